The number of rotatable bonds is 5. The molecule has 1 unspecified atom stereocenters. The number of primary amides is 1. The van der Waals surface area contributed by atoms with Crippen LogP contribution in [-0.2, 0) is 11.3 Å². The summed E-state index contributed by atoms with van der Waals surface area (Å²) in [6.45, 7) is 1.53. The molecule has 1 aliphatic heterocycles. The summed E-state index contributed by atoms with van der Waals surface area (Å²) in [4.78, 5) is 33.7. The molecule has 4 heterocycles. The van der Waals surface area contributed by atoms with E-state index >= 15 is 0 Å². The number of aromatic nitrogens is 4. The van der Waals surface area contributed by atoms with Crippen molar-refractivity contribution in [3.05, 3.63) is 70.8 Å². The predicted molar refractivity (Wildman–Crippen MR) is 118 cm³/mol. The zero-order valence-corrected chi connectivity index (χ0v) is 16.8. The Bertz CT molecular complexity index is 1310. The number of benzene rings is 1. The average molecular weight is 414 g/mol. The Morgan fingerprint density at radius 3 is 2.81 bits per heavy atom. The number of H-pyrrole nitrogens is 2. The van der Waals surface area contributed by atoms with Gasteiger partial charge in [-0.2, -0.15) is 5.10 Å². The molecule has 156 valence electrons. The van der Waals surface area contributed by atoms with Crippen molar-refractivity contribution in [2.24, 2.45) is 5.73 Å². The maximum absolute atomic E-state index is 12.5. The lowest BCUT2D eigenvalue weighted by atomic mass is 10.1. The molecule has 1 amide bonds. The molecule has 1 fully saturated rings. The molecule has 1 saturated heterocycles. The SMILES string of the molecule is NC(=O)C1CCCN1Cc1ccc2cc(-c3cc(-c4ccncc4)n[nH]c3=O)[nH]c2c1. The van der Waals surface area contributed by atoms with Gasteiger partial charge < -0.3 is 10.7 Å². The van der Waals surface area contributed by atoms with Gasteiger partial charge in [-0.1, -0.05) is 12.1 Å². The molecule has 8 heteroatoms. The first-order chi connectivity index (χ1) is 15.1. The number of hydrogen-bond donors (Lipinski definition) is 3. The number of likely N-dealkylation sites (tertiary alicyclic amines) is 1. The Morgan fingerprint density at radius 2 is 2.00 bits per heavy atom. The van der Waals surface area contributed by atoms with Gasteiger partial charge in [-0.05, 0) is 55.3 Å². The van der Waals surface area contributed by atoms with E-state index in [4.69, 9.17) is 5.73 Å². The molecule has 8 nitrogen and oxygen atoms in total. The zero-order valence-electron chi connectivity index (χ0n) is 16.8. The van der Waals surface area contributed by atoms with E-state index in [1.807, 2.05) is 24.3 Å². The third kappa shape index (κ3) is 3.73. The number of pyridine rings is 1. The summed E-state index contributed by atoms with van der Waals surface area (Å²) in [5.74, 6) is -0.261. The summed E-state index contributed by atoms with van der Waals surface area (Å²) < 4.78 is 0. The second kappa shape index (κ2) is 7.81. The van der Waals surface area contributed by atoms with Crippen molar-refractivity contribution in [3.8, 4) is 22.5 Å². The highest BCUT2D eigenvalue weighted by Gasteiger charge is 2.28. The molecule has 1 aromatic carbocycles. The number of nitrogens with two attached hydrogens (primary N) is 1. The lowest BCUT2D eigenvalue weighted by Crippen LogP contribution is -2.39. The fraction of sp³-hybridized carbons (Fsp3) is 0.217. The highest BCUT2D eigenvalue weighted by atomic mass is 16.1. The molecule has 5 rings (SSSR count). The number of fused-ring (bicyclic) bond motifs is 1. The summed E-state index contributed by atoms with van der Waals surface area (Å²) in [7, 11) is 0. The van der Waals surface area contributed by atoms with Crippen LogP contribution in [0.1, 0.15) is 18.4 Å². The van der Waals surface area contributed by atoms with Crippen molar-refractivity contribution >= 4 is 16.8 Å². The fourth-order valence-electron chi connectivity index (χ4n) is 4.27. The second-order valence-electron chi connectivity index (χ2n) is 7.87. The molecule has 4 N–H and O–H groups in total. The summed E-state index contributed by atoms with van der Waals surface area (Å²) in [6, 6.07) is 13.4. The molecule has 0 spiro atoms. The van der Waals surface area contributed by atoms with E-state index in [1.54, 1.807) is 18.5 Å². The van der Waals surface area contributed by atoms with E-state index in [2.05, 4.69) is 37.2 Å². The second-order valence-corrected chi connectivity index (χ2v) is 7.87. The van der Waals surface area contributed by atoms with E-state index in [0.29, 0.717) is 17.8 Å². The van der Waals surface area contributed by atoms with Crippen LogP contribution in [0.25, 0.3) is 33.4 Å². The highest BCUT2D eigenvalue weighted by molar-refractivity contribution is 5.86. The molecular weight excluding hydrogens is 392 g/mol. The zero-order chi connectivity index (χ0) is 21.4. The number of carbonyl (C=O) groups is 1. The van der Waals surface area contributed by atoms with Crippen LogP contribution in [0.4, 0.5) is 0 Å². The summed E-state index contributed by atoms with van der Waals surface area (Å²) >= 11 is 0. The van der Waals surface area contributed by atoms with Crippen molar-refractivity contribution in [3.63, 3.8) is 0 Å². The van der Waals surface area contributed by atoms with Crippen molar-refractivity contribution in [2.45, 2.75) is 25.4 Å². The van der Waals surface area contributed by atoms with Crippen LogP contribution in [0.15, 0.2) is 59.7 Å². The van der Waals surface area contributed by atoms with Crippen LogP contribution < -0.4 is 11.3 Å². The van der Waals surface area contributed by atoms with Crippen LogP contribution in [-0.4, -0.2) is 43.6 Å². The van der Waals surface area contributed by atoms with E-state index in [1.165, 1.54) is 0 Å². The van der Waals surface area contributed by atoms with Gasteiger partial charge in [-0.25, -0.2) is 5.10 Å². The summed E-state index contributed by atoms with van der Waals surface area (Å²) in [5.41, 5.74) is 10.1. The lowest BCUT2D eigenvalue weighted by molar-refractivity contribution is -0.122. The summed E-state index contributed by atoms with van der Waals surface area (Å²) in [5, 5.41) is 7.76. The van der Waals surface area contributed by atoms with Gasteiger partial charge in [-0.3, -0.25) is 19.5 Å². The van der Waals surface area contributed by atoms with Gasteiger partial charge in [0.05, 0.1) is 23.0 Å². The van der Waals surface area contributed by atoms with E-state index in [-0.39, 0.29) is 17.5 Å². The minimum absolute atomic E-state index is 0.197. The standard InChI is InChI=1S/C23H22N6O2/c24-22(30)21-2-1-9-29(21)13-14-3-4-16-11-20(26-18(16)10-14)17-12-19(27-28-23(17)31)15-5-7-25-8-6-15/h3-8,10-12,21,26H,1-2,9,13H2,(H2,24,30)(H,28,31). The molecule has 31 heavy (non-hydrogen) atoms. The first-order valence-corrected chi connectivity index (χ1v) is 10.2. The predicted octanol–water partition coefficient (Wildman–Crippen LogP) is 2.43. The lowest BCUT2D eigenvalue weighted by Gasteiger charge is -2.21. The van der Waals surface area contributed by atoms with Crippen molar-refractivity contribution < 1.29 is 4.79 Å². The van der Waals surface area contributed by atoms with Crippen molar-refractivity contribution in [1.82, 2.24) is 25.1 Å². The third-order valence-electron chi connectivity index (χ3n) is 5.83. The molecule has 1 atom stereocenters. The Hall–Kier alpha value is -3.78. The van der Waals surface area contributed by atoms with E-state index < -0.39 is 0 Å². The summed E-state index contributed by atoms with van der Waals surface area (Å²) in [6.07, 6.45) is 5.17. The van der Waals surface area contributed by atoms with Gasteiger partial charge in [0.25, 0.3) is 5.56 Å². The molecule has 0 saturated carbocycles. The molecule has 4 aromatic rings. The Labute approximate surface area is 178 Å². The number of nitrogens with one attached hydrogen (secondary N) is 2. The minimum atomic E-state index is -0.261. The first-order valence-electron chi connectivity index (χ1n) is 10.2. The van der Waals surface area contributed by atoms with Crippen LogP contribution in [0, 0.1) is 0 Å². The molecule has 0 bridgehead atoms. The van der Waals surface area contributed by atoms with E-state index in [9.17, 15) is 9.59 Å². The molecule has 0 aliphatic carbocycles. The van der Waals surface area contributed by atoms with Crippen LogP contribution in [0.3, 0.4) is 0 Å². The quantitative estimate of drug-likeness (QED) is 0.463. The highest BCUT2D eigenvalue weighted by Crippen LogP contribution is 2.26. The van der Waals surface area contributed by atoms with Crippen molar-refractivity contribution in [2.75, 3.05) is 6.54 Å². The van der Waals surface area contributed by atoms with Crippen LogP contribution in [0.2, 0.25) is 0 Å². The van der Waals surface area contributed by atoms with Gasteiger partial charge in [0, 0.05) is 35.4 Å². The van der Waals surface area contributed by atoms with Gasteiger partial charge in [0.2, 0.25) is 5.91 Å². The molecular formula is C23H22N6O2. The Kier molecular flexibility index (Phi) is 4.83. The van der Waals surface area contributed by atoms with Crippen LogP contribution in [0.5, 0.6) is 0 Å². The first kappa shape index (κ1) is 19.2. The third-order valence-corrected chi connectivity index (χ3v) is 5.83. The van der Waals surface area contributed by atoms with Gasteiger partial charge in [-0.15, -0.1) is 0 Å². The number of amides is 1. The fourth-order valence-corrected chi connectivity index (χ4v) is 4.27. The van der Waals surface area contributed by atoms with Crippen LogP contribution >= 0.6 is 0 Å². The van der Waals surface area contributed by atoms with E-state index in [0.717, 1.165) is 47.1 Å². The number of hydrogen-bond acceptors (Lipinski definition) is 5. The molecule has 0 radical (unpaired) electrons. The Morgan fingerprint density at radius 1 is 1.16 bits per heavy atom. The number of carbonyl (C=O) groups excluding carboxylic acids is 1. The van der Waals surface area contributed by atoms with Crippen molar-refractivity contribution in [1.29, 1.82) is 0 Å². The number of aromatic amines is 2. The average Bonchev–Trinajstić information content (AvgIpc) is 3.41. The maximum Gasteiger partial charge on any atom is 0.273 e. The monoisotopic (exact) mass is 414 g/mol. The largest absolute Gasteiger partial charge is 0.368 e. The topological polar surface area (TPSA) is 121 Å². The normalized spacial score (nSPS) is 16.7. The van der Waals surface area contributed by atoms with Gasteiger partial charge >= 0.3 is 0 Å². The van der Waals surface area contributed by atoms with Gasteiger partial charge in [0.15, 0.2) is 0 Å². The molecule has 1 aliphatic rings. The Balaban J connectivity index is 1.47. The minimum Gasteiger partial charge on any atom is -0.368 e. The maximum atomic E-state index is 12.5. The number of nitrogens with zero attached hydrogens (tertiary/aromatic N) is 3. The smallest absolute Gasteiger partial charge is 0.273 e. The van der Waals surface area contributed by atoms with Gasteiger partial charge in [0.1, 0.15) is 0 Å². The molecule has 3 aromatic heterocycles.